The van der Waals surface area contributed by atoms with Gasteiger partial charge in [0.1, 0.15) is 0 Å². The Morgan fingerprint density at radius 1 is 1.00 bits per heavy atom. The molecule has 1 aromatic rings. The smallest absolute Gasteiger partial charge is 0.339 e. The summed E-state index contributed by atoms with van der Waals surface area (Å²) in [6.45, 7) is 14.3. The maximum Gasteiger partial charge on any atom is 0.339 e. The number of carbonyl (C=O) groups excluding carboxylic acids is 2. The Balaban J connectivity index is 2.83. The number of benzene rings is 1. The van der Waals surface area contributed by atoms with E-state index in [-0.39, 0.29) is 22.3 Å². The molecule has 1 unspecified atom stereocenters. The van der Waals surface area contributed by atoms with Crippen molar-refractivity contribution in [3.8, 4) is 0 Å². The third-order valence-electron chi connectivity index (χ3n) is 5.29. The summed E-state index contributed by atoms with van der Waals surface area (Å²) in [5, 5.41) is -0.0921. The molecule has 1 aromatic carbocycles. The number of hydrogen-bond donors (Lipinski definition) is 0. The Morgan fingerprint density at radius 2 is 1.56 bits per heavy atom. The Bertz CT molecular complexity index is 631. The lowest BCUT2D eigenvalue weighted by Gasteiger charge is -2.35. The third-order valence-corrected chi connectivity index (χ3v) is 9.60. The molecule has 0 spiro atoms. The van der Waals surface area contributed by atoms with Crippen LogP contribution in [0.4, 0.5) is 0 Å². The van der Waals surface area contributed by atoms with E-state index in [1.54, 1.807) is 24.3 Å². The average molecular weight is 393 g/mol. The third kappa shape index (κ3) is 7.13. The molecule has 0 aliphatic rings. The summed E-state index contributed by atoms with van der Waals surface area (Å²) >= 11 is 0. The predicted molar refractivity (Wildman–Crippen MR) is 113 cm³/mol. The highest BCUT2D eigenvalue weighted by atomic mass is 28.4. The molecule has 0 aromatic heterocycles. The lowest BCUT2D eigenvalue weighted by atomic mass is 10.1. The summed E-state index contributed by atoms with van der Waals surface area (Å²) in [7, 11) is -2.27. The Morgan fingerprint density at radius 3 is 2.07 bits per heavy atom. The van der Waals surface area contributed by atoms with Crippen LogP contribution in [0, 0.1) is 0 Å². The molecule has 0 saturated carbocycles. The van der Waals surface area contributed by atoms with Gasteiger partial charge in [-0.1, -0.05) is 59.1 Å². The zero-order chi connectivity index (χ0) is 20.7. The van der Waals surface area contributed by atoms with Crippen LogP contribution in [0.1, 0.15) is 87.4 Å². The molecule has 1 atom stereocenters. The minimum absolute atomic E-state index is 0.0921. The largest absolute Gasteiger partial charge is 0.516 e. The molecule has 0 heterocycles. The first-order valence-electron chi connectivity index (χ1n) is 10.0. The van der Waals surface area contributed by atoms with Gasteiger partial charge in [0.15, 0.2) is 0 Å². The van der Waals surface area contributed by atoms with Gasteiger partial charge in [0.25, 0.3) is 8.32 Å². The van der Waals surface area contributed by atoms with Gasteiger partial charge >= 0.3 is 11.9 Å². The van der Waals surface area contributed by atoms with Crippen LogP contribution in [0.15, 0.2) is 24.3 Å². The van der Waals surface area contributed by atoms with Crippen molar-refractivity contribution in [2.45, 2.75) is 91.0 Å². The number of rotatable bonds is 9. The maximum atomic E-state index is 12.8. The second-order valence-electron chi connectivity index (χ2n) is 8.76. The second kappa shape index (κ2) is 10.1. The van der Waals surface area contributed by atoms with Crippen LogP contribution in [0.5, 0.6) is 0 Å². The van der Waals surface area contributed by atoms with Gasteiger partial charge in [-0.05, 0) is 50.0 Å². The van der Waals surface area contributed by atoms with Gasteiger partial charge in [0, 0.05) is 0 Å². The molecule has 0 aliphatic heterocycles. The summed E-state index contributed by atoms with van der Waals surface area (Å²) in [5.74, 6) is -0.898. The number of unbranched alkanes of at least 4 members (excludes halogenated alkanes) is 3. The summed E-state index contributed by atoms with van der Waals surface area (Å²) in [4.78, 5) is 25.4. The quantitative estimate of drug-likeness (QED) is 0.278. The van der Waals surface area contributed by atoms with Gasteiger partial charge in [-0.2, -0.15) is 0 Å². The standard InChI is InChI=1S/C22H36O4Si/c1-8-9-10-11-14-17(2)25-20(23)18-15-12-13-16-19(18)21(24)26-27(6,7)22(3,4)5/h12-13,15-17H,8-11,14H2,1-7H3. The van der Waals surface area contributed by atoms with Crippen molar-refractivity contribution in [1.82, 2.24) is 0 Å². The Labute approximate surface area is 165 Å². The topological polar surface area (TPSA) is 52.6 Å². The summed E-state index contributed by atoms with van der Waals surface area (Å²) < 4.78 is 11.4. The number of hydrogen-bond acceptors (Lipinski definition) is 4. The zero-order valence-corrected chi connectivity index (χ0v) is 19.1. The molecule has 4 nitrogen and oxygen atoms in total. The van der Waals surface area contributed by atoms with Crippen LogP contribution in [0.3, 0.4) is 0 Å². The molecular formula is C22H36O4Si. The summed E-state index contributed by atoms with van der Waals surface area (Å²) in [5.41, 5.74) is 0.562. The normalized spacial score (nSPS) is 13.1. The Kier molecular flexibility index (Phi) is 8.73. The van der Waals surface area contributed by atoms with Crippen LogP contribution in [0.2, 0.25) is 18.1 Å². The van der Waals surface area contributed by atoms with Gasteiger partial charge in [-0.3, -0.25) is 0 Å². The van der Waals surface area contributed by atoms with Gasteiger partial charge in [0.2, 0.25) is 0 Å². The van der Waals surface area contributed by atoms with Gasteiger partial charge < -0.3 is 9.16 Å². The molecule has 27 heavy (non-hydrogen) atoms. The second-order valence-corrected chi connectivity index (χ2v) is 13.5. The fraction of sp³-hybridized carbons (Fsp3) is 0.636. The van der Waals surface area contributed by atoms with E-state index in [2.05, 4.69) is 27.7 Å². The van der Waals surface area contributed by atoms with Crippen molar-refractivity contribution in [2.24, 2.45) is 0 Å². The summed E-state index contributed by atoms with van der Waals surface area (Å²) in [6.07, 6.45) is 5.23. The van der Waals surface area contributed by atoms with Crippen LogP contribution in [0.25, 0.3) is 0 Å². The zero-order valence-electron chi connectivity index (χ0n) is 18.1. The van der Waals surface area contributed by atoms with E-state index in [4.69, 9.17) is 9.16 Å². The molecule has 1 rings (SSSR count). The van der Waals surface area contributed by atoms with Crippen molar-refractivity contribution >= 4 is 20.3 Å². The maximum absolute atomic E-state index is 12.8. The van der Waals surface area contributed by atoms with E-state index in [1.165, 1.54) is 12.8 Å². The predicted octanol–water partition coefficient (Wildman–Crippen LogP) is 6.36. The van der Waals surface area contributed by atoms with Gasteiger partial charge in [-0.15, -0.1) is 0 Å². The molecular weight excluding hydrogens is 356 g/mol. The monoisotopic (exact) mass is 392 g/mol. The van der Waals surface area contributed by atoms with Crippen molar-refractivity contribution in [3.63, 3.8) is 0 Å². The van der Waals surface area contributed by atoms with E-state index >= 15 is 0 Å². The highest BCUT2D eigenvalue weighted by molar-refractivity contribution is 6.75. The highest BCUT2D eigenvalue weighted by Crippen LogP contribution is 2.37. The SMILES string of the molecule is CCCCCCC(C)OC(=O)c1ccccc1C(=O)O[Si](C)(C)C(C)(C)C. The van der Waals surface area contributed by atoms with Gasteiger partial charge in [0.05, 0.1) is 17.2 Å². The summed E-state index contributed by atoms with van der Waals surface area (Å²) in [6, 6.07) is 6.76. The molecule has 0 fully saturated rings. The highest BCUT2D eigenvalue weighted by Gasteiger charge is 2.41. The van der Waals surface area contributed by atoms with Crippen LogP contribution >= 0.6 is 0 Å². The molecule has 0 amide bonds. The van der Waals surface area contributed by atoms with Crippen molar-refractivity contribution in [2.75, 3.05) is 0 Å². The lowest BCUT2D eigenvalue weighted by molar-refractivity contribution is 0.0314. The lowest BCUT2D eigenvalue weighted by Crippen LogP contribution is -2.42. The van der Waals surface area contributed by atoms with Crippen molar-refractivity contribution in [3.05, 3.63) is 35.4 Å². The minimum Gasteiger partial charge on any atom is -0.516 e. The van der Waals surface area contributed by atoms with E-state index in [9.17, 15) is 9.59 Å². The molecule has 0 radical (unpaired) electrons. The average Bonchev–Trinajstić information content (AvgIpc) is 2.57. The first-order chi connectivity index (χ1) is 12.5. The van der Waals surface area contributed by atoms with Crippen LogP contribution < -0.4 is 0 Å². The van der Waals surface area contributed by atoms with Gasteiger partial charge in [-0.25, -0.2) is 9.59 Å². The van der Waals surface area contributed by atoms with Crippen molar-refractivity contribution in [1.29, 1.82) is 0 Å². The molecule has 0 bridgehead atoms. The van der Waals surface area contributed by atoms with E-state index in [1.807, 2.05) is 20.0 Å². The number of ether oxygens (including phenoxy) is 1. The first-order valence-corrected chi connectivity index (χ1v) is 12.9. The minimum atomic E-state index is -2.27. The molecule has 5 heteroatoms. The fourth-order valence-corrected chi connectivity index (χ4v) is 3.32. The van der Waals surface area contributed by atoms with Crippen LogP contribution in [-0.4, -0.2) is 26.4 Å². The van der Waals surface area contributed by atoms with E-state index in [0.29, 0.717) is 0 Å². The first kappa shape index (κ1) is 23.4. The van der Waals surface area contributed by atoms with Crippen LogP contribution in [-0.2, 0) is 9.16 Å². The molecule has 0 aliphatic carbocycles. The number of carbonyl (C=O) groups is 2. The number of esters is 1. The van der Waals surface area contributed by atoms with E-state index in [0.717, 1.165) is 19.3 Å². The van der Waals surface area contributed by atoms with Crippen molar-refractivity contribution < 1.29 is 18.8 Å². The molecule has 0 N–H and O–H groups in total. The molecule has 152 valence electrons. The Hall–Kier alpha value is -1.62. The fourth-order valence-electron chi connectivity index (χ4n) is 2.44. The molecule has 0 saturated heterocycles. The van der Waals surface area contributed by atoms with E-state index < -0.39 is 20.3 Å².